The number of fused-ring (bicyclic) bond motifs is 1. The third-order valence-electron chi connectivity index (χ3n) is 4.72. The Kier molecular flexibility index (Phi) is 6.57. The summed E-state index contributed by atoms with van der Waals surface area (Å²) in [5, 5.41) is 6.16. The van der Waals surface area contributed by atoms with Crippen LogP contribution < -0.4 is 10.2 Å². The number of carbonyl (C=O) groups excluding carboxylic acids is 1. The third-order valence-corrected chi connectivity index (χ3v) is 5.66. The van der Waals surface area contributed by atoms with Crippen molar-refractivity contribution in [2.75, 3.05) is 0 Å². The van der Waals surface area contributed by atoms with Crippen molar-refractivity contribution in [2.45, 2.75) is 6.61 Å². The molecule has 6 heteroatoms. The van der Waals surface area contributed by atoms with Gasteiger partial charge in [0.05, 0.1) is 11.8 Å². The highest BCUT2D eigenvalue weighted by Crippen LogP contribution is 2.27. The van der Waals surface area contributed by atoms with Crippen molar-refractivity contribution in [1.29, 1.82) is 0 Å². The second-order valence-electron chi connectivity index (χ2n) is 6.79. The first-order valence-corrected chi connectivity index (χ1v) is 10.7. The fourth-order valence-electron chi connectivity index (χ4n) is 3.14. The van der Waals surface area contributed by atoms with E-state index in [9.17, 15) is 9.18 Å². The summed E-state index contributed by atoms with van der Waals surface area (Å²) in [5.74, 6) is 0.0525. The van der Waals surface area contributed by atoms with E-state index in [0.29, 0.717) is 11.3 Å². The monoisotopic (exact) mass is 524 g/mol. The molecule has 1 amide bonds. The van der Waals surface area contributed by atoms with Crippen LogP contribution in [0, 0.1) is 9.39 Å². The van der Waals surface area contributed by atoms with Crippen molar-refractivity contribution >= 4 is 45.5 Å². The van der Waals surface area contributed by atoms with Crippen molar-refractivity contribution in [1.82, 2.24) is 5.43 Å². The minimum absolute atomic E-state index is 0.282. The van der Waals surface area contributed by atoms with Crippen molar-refractivity contribution in [3.8, 4) is 5.75 Å². The molecule has 0 bridgehead atoms. The van der Waals surface area contributed by atoms with Crippen molar-refractivity contribution < 1.29 is 13.9 Å². The van der Waals surface area contributed by atoms with Crippen LogP contribution in [0.1, 0.15) is 21.5 Å². The lowest BCUT2D eigenvalue weighted by atomic mass is 10.0. The molecule has 0 aliphatic carbocycles. The van der Waals surface area contributed by atoms with E-state index in [4.69, 9.17) is 4.74 Å². The van der Waals surface area contributed by atoms with Crippen molar-refractivity contribution in [3.05, 3.63) is 111 Å². The highest BCUT2D eigenvalue weighted by molar-refractivity contribution is 14.1. The molecule has 0 aliphatic rings. The van der Waals surface area contributed by atoms with Gasteiger partial charge in [0.25, 0.3) is 5.91 Å². The number of nitrogens with one attached hydrogen (secondary N) is 1. The molecular weight excluding hydrogens is 506 g/mol. The highest BCUT2D eigenvalue weighted by atomic mass is 127. The number of carbonyl (C=O) groups is 1. The van der Waals surface area contributed by atoms with Crippen LogP contribution in [0.2, 0.25) is 0 Å². The smallest absolute Gasteiger partial charge is 0.272 e. The average molecular weight is 524 g/mol. The summed E-state index contributed by atoms with van der Waals surface area (Å²) in [6.45, 7) is 0.286. The number of nitrogens with zero attached hydrogens (tertiary/aromatic N) is 1. The maximum absolute atomic E-state index is 13.1. The molecule has 0 fully saturated rings. The number of halogens is 2. The summed E-state index contributed by atoms with van der Waals surface area (Å²) in [5.41, 5.74) is 4.75. The van der Waals surface area contributed by atoms with E-state index in [1.54, 1.807) is 24.4 Å². The lowest BCUT2D eigenvalue weighted by Crippen LogP contribution is -2.18. The summed E-state index contributed by atoms with van der Waals surface area (Å²) in [4.78, 5) is 12.5. The van der Waals surface area contributed by atoms with Crippen molar-refractivity contribution in [3.63, 3.8) is 0 Å². The van der Waals surface area contributed by atoms with Crippen LogP contribution in [0.4, 0.5) is 4.39 Å². The number of amides is 1. The maximum Gasteiger partial charge on any atom is 0.272 e. The summed E-state index contributed by atoms with van der Waals surface area (Å²) < 4.78 is 20.0. The van der Waals surface area contributed by atoms with Gasteiger partial charge in [0.1, 0.15) is 18.2 Å². The molecule has 31 heavy (non-hydrogen) atoms. The summed E-state index contributed by atoms with van der Waals surface area (Å²) in [6, 6.07) is 25.2. The molecule has 4 rings (SSSR count). The topological polar surface area (TPSA) is 50.7 Å². The first-order chi connectivity index (χ1) is 15.1. The number of benzene rings is 4. The van der Waals surface area contributed by atoms with Gasteiger partial charge in [-0.1, -0.05) is 54.6 Å². The molecule has 1 N–H and O–H groups in total. The maximum atomic E-state index is 13.1. The number of rotatable bonds is 6. The quantitative estimate of drug-likeness (QED) is 0.193. The summed E-state index contributed by atoms with van der Waals surface area (Å²) in [6.07, 6.45) is 1.59. The van der Waals surface area contributed by atoms with Gasteiger partial charge in [0.2, 0.25) is 0 Å². The van der Waals surface area contributed by atoms with Gasteiger partial charge in [-0.05, 0) is 69.3 Å². The van der Waals surface area contributed by atoms with E-state index in [0.717, 1.165) is 25.5 Å². The van der Waals surface area contributed by atoms with Crippen LogP contribution >= 0.6 is 22.6 Å². The average Bonchev–Trinajstić information content (AvgIpc) is 2.79. The fraction of sp³-hybridized carbons (Fsp3) is 0.0400. The Balaban J connectivity index is 1.59. The minimum atomic E-state index is -0.286. The highest BCUT2D eigenvalue weighted by Gasteiger charge is 2.10. The molecule has 154 valence electrons. The zero-order valence-electron chi connectivity index (χ0n) is 16.4. The van der Waals surface area contributed by atoms with E-state index in [2.05, 4.69) is 33.1 Å². The Hall–Kier alpha value is -3.26. The van der Waals surface area contributed by atoms with Gasteiger partial charge >= 0.3 is 0 Å². The van der Waals surface area contributed by atoms with Crippen LogP contribution in [0.15, 0.2) is 90.0 Å². The predicted molar refractivity (Wildman–Crippen MR) is 129 cm³/mol. The van der Waals surface area contributed by atoms with E-state index in [1.165, 1.54) is 12.1 Å². The first-order valence-electron chi connectivity index (χ1n) is 9.59. The van der Waals surface area contributed by atoms with Crippen LogP contribution in [0.5, 0.6) is 5.75 Å². The molecular formula is C25H18FIN2O2. The van der Waals surface area contributed by atoms with Gasteiger partial charge in [-0.25, -0.2) is 9.82 Å². The Morgan fingerprint density at radius 2 is 1.71 bits per heavy atom. The SMILES string of the molecule is O=C(NN=Cc1c(OCc2ccc(F)cc2)ccc2ccccc12)c1ccccc1I. The standard InChI is InChI=1S/C25H18FIN2O2/c26-19-12-9-17(10-13-19)16-31-24-14-11-18-5-1-2-6-20(18)22(24)15-28-29-25(30)21-7-3-4-8-23(21)27/h1-15H,16H2,(H,29,30). The van der Waals surface area contributed by atoms with Crippen molar-refractivity contribution in [2.24, 2.45) is 5.10 Å². The summed E-state index contributed by atoms with van der Waals surface area (Å²) >= 11 is 2.12. The lowest BCUT2D eigenvalue weighted by Gasteiger charge is -2.12. The number of ether oxygens (including phenoxy) is 1. The van der Waals surface area contributed by atoms with E-state index < -0.39 is 0 Å². The van der Waals surface area contributed by atoms with E-state index >= 15 is 0 Å². The lowest BCUT2D eigenvalue weighted by molar-refractivity contribution is 0.0954. The van der Waals surface area contributed by atoms with Crippen LogP contribution in [-0.4, -0.2) is 12.1 Å². The van der Waals surface area contributed by atoms with Gasteiger partial charge in [0, 0.05) is 9.13 Å². The van der Waals surface area contributed by atoms with Gasteiger partial charge in [-0.3, -0.25) is 4.79 Å². The van der Waals surface area contributed by atoms with Crippen LogP contribution in [0.25, 0.3) is 10.8 Å². The zero-order valence-corrected chi connectivity index (χ0v) is 18.5. The predicted octanol–water partition coefficient (Wildman–Crippen LogP) is 5.93. The molecule has 4 nitrogen and oxygen atoms in total. The number of hydrogen-bond donors (Lipinski definition) is 1. The number of hydrogen-bond acceptors (Lipinski definition) is 3. The molecule has 0 heterocycles. The molecule has 0 spiro atoms. The van der Waals surface area contributed by atoms with Gasteiger partial charge in [-0.2, -0.15) is 5.10 Å². The molecule has 0 radical (unpaired) electrons. The molecule has 0 saturated heterocycles. The molecule has 0 unspecified atom stereocenters. The Bertz CT molecular complexity index is 1260. The fourth-order valence-corrected chi connectivity index (χ4v) is 3.77. The largest absolute Gasteiger partial charge is 0.488 e. The molecule has 4 aromatic carbocycles. The molecule has 0 aromatic heterocycles. The normalized spacial score (nSPS) is 11.0. The summed E-state index contributed by atoms with van der Waals surface area (Å²) in [7, 11) is 0. The van der Waals surface area contributed by atoms with Crippen LogP contribution in [0.3, 0.4) is 0 Å². The third kappa shape index (κ3) is 5.08. The number of hydrazone groups is 1. The Labute approximate surface area is 192 Å². The molecule has 0 aliphatic heterocycles. The molecule has 0 saturated carbocycles. The van der Waals surface area contributed by atoms with E-state index in [-0.39, 0.29) is 18.3 Å². The molecule has 0 atom stereocenters. The Morgan fingerprint density at radius 3 is 2.52 bits per heavy atom. The van der Waals surface area contributed by atoms with E-state index in [1.807, 2.05) is 54.6 Å². The minimum Gasteiger partial charge on any atom is -0.488 e. The van der Waals surface area contributed by atoms with Gasteiger partial charge < -0.3 is 4.74 Å². The van der Waals surface area contributed by atoms with Gasteiger partial charge in [-0.15, -0.1) is 0 Å². The van der Waals surface area contributed by atoms with Gasteiger partial charge in [0.15, 0.2) is 0 Å². The second kappa shape index (κ2) is 9.70. The van der Waals surface area contributed by atoms with Crippen LogP contribution in [-0.2, 0) is 6.61 Å². The first kappa shape index (κ1) is 21.0. The zero-order chi connectivity index (χ0) is 21.6. The second-order valence-corrected chi connectivity index (χ2v) is 7.95. The Morgan fingerprint density at radius 1 is 0.968 bits per heavy atom. The molecule has 4 aromatic rings.